The van der Waals surface area contributed by atoms with E-state index in [2.05, 4.69) is 5.32 Å². The molecular weight excluding hydrogens is 212 g/mol. The Kier molecular flexibility index (Phi) is 8.46. The van der Waals surface area contributed by atoms with Gasteiger partial charge in [0.2, 0.25) is 0 Å². The number of hydrogen-bond acceptors (Lipinski definition) is 4. The lowest BCUT2D eigenvalue weighted by Gasteiger charge is -2.14. The Hall–Kier alpha value is -1.14. The molecule has 0 aliphatic heterocycles. The molecule has 0 aromatic heterocycles. The van der Waals surface area contributed by atoms with E-state index in [0.29, 0.717) is 13.0 Å². The summed E-state index contributed by atoms with van der Waals surface area (Å²) in [6.45, 7) is 0.562. The fourth-order valence-electron chi connectivity index (χ4n) is 1.12. The van der Waals surface area contributed by atoms with Gasteiger partial charge < -0.3 is 20.4 Å². The fourth-order valence-corrected chi connectivity index (χ4v) is 1.12. The van der Waals surface area contributed by atoms with Gasteiger partial charge in [0.05, 0.1) is 6.61 Å². The minimum absolute atomic E-state index is 0.145. The molecule has 0 radical (unpaired) electrons. The summed E-state index contributed by atoms with van der Waals surface area (Å²) >= 11 is 0. The molecule has 0 spiro atoms. The number of amides is 2. The third kappa shape index (κ3) is 6.36. The number of hydrogen-bond donors (Lipinski definition) is 3. The maximum absolute atomic E-state index is 11.3. The lowest BCUT2D eigenvalue weighted by Crippen LogP contribution is -2.42. The van der Waals surface area contributed by atoms with Crippen LogP contribution in [0.3, 0.4) is 0 Å². The summed E-state index contributed by atoms with van der Waals surface area (Å²) in [5, 5.41) is 19.6. The monoisotopic (exact) mass is 232 g/mol. The predicted molar refractivity (Wildman–Crippen MR) is 58.7 cm³/mol. The number of rotatable bonds is 7. The number of carbonyl (C=O) groups is 2. The molecule has 0 atom stereocenters. The molecular formula is C10H20N2O4. The van der Waals surface area contributed by atoms with E-state index in [9.17, 15) is 9.59 Å². The van der Waals surface area contributed by atoms with Crippen molar-refractivity contribution in [2.75, 3.05) is 33.4 Å². The van der Waals surface area contributed by atoms with Gasteiger partial charge in [0, 0.05) is 26.7 Å². The minimum atomic E-state index is -0.653. The standard InChI is InChI=1S/C10H20N2O4/c1-12(6-8-14)10(16)9(15)11-5-3-2-4-7-13/h13-14H,2-8H2,1H3,(H,11,15). The predicted octanol–water partition coefficient (Wildman–Crippen LogP) is -1.28. The number of unbranched alkanes of at least 4 members (excludes halogenated alkanes) is 2. The summed E-state index contributed by atoms with van der Waals surface area (Å²) in [6.07, 6.45) is 2.26. The molecule has 0 aliphatic rings. The second-order valence-corrected chi connectivity index (χ2v) is 3.49. The van der Waals surface area contributed by atoms with E-state index in [1.807, 2.05) is 0 Å². The van der Waals surface area contributed by atoms with Crippen molar-refractivity contribution < 1.29 is 19.8 Å². The van der Waals surface area contributed by atoms with Crippen molar-refractivity contribution >= 4 is 11.8 Å². The highest BCUT2D eigenvalue weighted by Crippen LogP contribution is 1.92. The molecule has 0 heterocycles. The van der Waals surface area contributed by atoms with Gasteiger partial charge in [0.1, 0.15) is 0 Å². The average molecular weight is 232 g/mol. The maximum Gasteiger partial charge on any atom is 0.311 e. The van der Waals surface area contributed by atoms with Crippen LogP contribution in [0.15, 0.2) is 0 Å². The highest BCUT2D eigenvalue weighted by molar-refractivity contribution is 6.34. The van der Waals surface area contributed by atoms with E-state index in [1.165, 1.54) is 11.9 Å². The van der Waals surface area contributed by atoms with Gasteiger partial charge in [-0.3, -0.25) is 9.59 Å². The first-order valence-electron chi connectivity index (χ1n) is 5.38. The second-order valence-electron chi connectivity index (χ2n) is 3.49. The molecule has 0 rings (SSSR count). The second kappa shape index (κ2) is 9.11. The van der Waals surface area contributed by atoms with Crippen LogP contribution in [0.5, 0.6) is 0 Å². The zero-order valence-corrected chi connectivity index (χ0v) is 9.61. The molecule has 6 nitrogen and oxygen atoms in total. The molecule has 0 aromatic carbocycles. The first-order chi connectivity index (χ1) is 7.63. The smallest absolute Gasteiger partial charge is 0.311 e. The summed E-state index contributed by atoms with van der Waals surface area (Å²) < 4.78 is 0. The fraction of sp³-hybridized carbons (Fsp3) is 0.800. The lowest BCUT2D eigenvalue weighted by atomic mass is 10.2. The van der Waals surface area contributed by atoms with Gasteiger partial charge in [0.15, 0.2) is 0 Å². The van der Waals surface area contributed by atoms with Crippen LogP contribution in [0.25, 0.3) is 0 Å². The molecule has 0 aliphatic carbocycles. The normalized spacial score (nSPS) is 9.94. The first-order valence-corrected chi connectivity index (χ1v) is 5.38. The Morgan fingerprint density at radius 1 is 1.12 bits per heavy atom. The van der Waals surface area contributed by atoms with Crippen LogP contribution in [0.2, 0.25) is 0 Å². The molecule has 0 unspecified atom stereocenters. The van der Waals surface area contributed by atoms with Crippen LogP contribution in [-0.2, 0) is 9.59 Å². The SMILES string of the molecule is CN(CCO)C(=O)C(=O)NCCCCCO. The molecule has 16 heavy (non-hydrogen) atoms. The average Bonchev–Trinajstić information content (AvgIpc) is 2.27. The van der Waals surface area contributed by atoms with Gasteiger partial charge in [-0.1, -0.05) is 0 Å². The maximum atomic E-state index is 11.3. The topological polar surface area (TPSA) is 89.9 Å². The van der Waals surface area contributed by atoms with Crippen LogP contribution >= 0.6 is 0 Å². The number of carbonyl (C=O) groups excluding carboxylic acids is 2. The van der Waals surface area contributed by atoms with Crippen LogP contribution in [0.4, 0.5) is 0 Å². The van der Waals surface area contributed by atoms with Crippen LogP contribution in [0, 0.1) is 0 Å². The number of nitrogens with one attached hydrogen (secondary N) is 1. The third-order valence-corrected chi connectivity index (χ3v) is 2.10. The van der Waals surface area contributed by atoms with Crippen molar-refractivity contribution in [2.45, 2.75) is 19.3 Å². The Morgan fingerprint density at radius 2 is 1.81 bits per heavy atom. The van der Waals surface area contributed by atoms with Crippen molar-refractivity contribution in [3.8, 4) is 0 Å². The van der Waals surface area contributed by atoms with E-state index in [1.54, 1.807) is 0 Å². The lowest BCUT2D eigenvalue weighted by molar-refractivity contribution is -0.145. The van der Waals surface area contributed by atoms with E-state index in [-0.39, 0.29) is 19.8 Å². The molecule has 0 aromatic rings. The summed E-state index contributed by atoms with van der Waals surface area (Å²) in [7, 11) is 1.46. The van der Waals surface area contributed by atoms with E-state index >= 15 is 0 Å². The first kappa shape index (κ1) is 14.9. The Bertz CT molecular complexity index is 221. The van der Waals surface area contributed by atoms with Gasteiger partial charge >= 0.3 is 11.8 Å². The number of aliphatic hydroxyl groups excluding tert-OH is 2. The zero-order valence-electron chi connectivity index (χ0n) is 9.61. The molecule has 94 valence electrons. The molecule has 0 saturated heterocycles. The molecule has 0 saturated carbocycles. The molecule has 3 N–H and O–H groups in total. The molecule has 0 fully saturated rings. The van der Waals surface area contributed by atoms with E-state index < -0.39 is 11.8 Å². The highest BCUT2D eigenvalue weighted by atomic mass is 16.3. The summed E-state index contributed by atoms with van der Waals surface area (Å²) in [5.74, 6) is -1.30. The van der Waals surface area contributed by atoms with E-state index in [4.69, 9.17) is 10.2 Å². The summed E-state index contributed by atoms with van der Waals surface area (Å²) in [5.41, 5.74) is 0. The third-order valence-electron chi connectivity index (χ3n) is 2.10. The van der Waals surface area contributed by atoms with Crippen molar-refractivity contribution in [1.82, 2.24) is 10.2 Å². The van der Waals surface area contributed by atoms with Crippen LogP contribution in [0.1, 0.15) is 19.3 Å². The number of nitrogens with zero attached hydrogens (tertiary/aromatic N) is 1. The van der Waals surface area contributed by atoms with Crippen LogP contribution in [-0.4, -0.2) is 60.3 Å². The quantitative estimate of drug-likeness (QED) is 0.376. The van der Waals surface area contributed by atoms with Crippen molar-refractivity contribution in [2.24, 2.45) is 0 Å². The largest absolute Gasteiger partial charge is 0.396 e. The van der Waals surface area contributed by atoms with Crippen molar-refractivity contribution in [3.05, 3.63) is 0 Å². The molecule has 2 amide bonds. The van der Waals surface area contributed by atoms with Gasteiger partial charge in [-0.05, 0) is 19.3 Å². The van der Waals surface area contributed by atoms with Crippen molar-refractivity contribution in [1.29, 1.82) is 0 Å². The zero-order chi connectivity index (χ0) is 12.4. The highest BCUT2D eigenvalue weighted by Gasteiger charge is 2.16. The summed E-state index contributed by atoms with van der Waals surface area (Å²) in [4.78, 5) is 23.7. The summed E-state index contributed by atoms with van der Waals surface area (Å²) in [6, 6.07) is 0. The van der Waals surface area contributed by atoms with Gasteiger partial charge in [-0.2, -0.15) is 0 Å². The van der Waals surface area contributed by atoms with Gasteiger partial charge in [0.25, 0.3) is 0 Å². The van der Waals surface area contributed by atoms with Gasteiger partial charge in [-0.25, -0.2) is 0 Å². The number of likely N-dealkylation sites (N-methyl/N-ethyl adjacent to an activating group) is 1. The molecule has 0 bridgehead atoms. The Balaban J connectivity index is 3.67. The van der Waals surface area contributed by atoms with Gasteiger partial charge in [-0.15, -0.1) is 0 Å². The van der Waals surface area contributed by atoms with Crippen molar-refractivity contribution in [3.63, 3.8) is 0 Å². The molecule has 6 heteroatoms. The van der Waals surface area contributed by atoms with E-state index in [0.717, 1.165) is 12.8 Å². The Morgan fingerprint density at radius 3 is 2.38 bits per heavy atom. The Labute approximate surface area is 95.2 Å². The minimum Gasteiger partial charge on any atom is -0.396 e. The van der Waals surface area contributed by atoms with Crippen LogP contribution < -0.4 is 5.32 Å². The number of aliphatic hydroxyl groups is 2.